The molecule has 0 aromatic heterocycles. The number of benzene rings is 2. The Morgan fingerprint density at radius 2 is 1.83 bits per heavy atom. The molecule has 126 valence electrons. The first-order valence-corrected chi connectivity index (χ1v) is 7.88. The van der Waals surface area contributed by atoms with E-state index in [0.29, 0.717) is 29.4 Å². The molecule has 6 heteroatoms. The van der Waals surface area contributed by atoms with Gasteiger partial charge < -0.3 is 15.4 Å². The Hall–Kier alpha value is -2.53. The molecule has 5 nitrogen and oxygen atoms in total. The van der Waals surface area contributed by atoms with Crippen molar-refractivity contribution in [2.24, 2.45) is 0 Å². The van der Waals surface area contributed by atoms with Crippen LogP contribution >= 0.6 is 11.6 Å². The Bertz CT molecular complexity index is 730. The van der Waals surface area contributed by atoms with Crippen LogP contribution in [0.3, 0.4) is 0 Å². The first-order valence-electron chi connectivity index (χ1n) is 7.50. The van der Waals surface area contributed by atoms with Gasteiger partial charge in [0.05, 0.1) is 17.1 Å². The number of rotatable bonds is 6. The zero-order valence-electron chi connectivity index (χ0n) is 13.6. The summed E-state index contributed by atoms with van der Waals surface area (Å²) in [5.41, 5.74) is 1.98. The Kier molecular flexibility index (Phi) is 6.21. The highest BCUT2D eigenvalue weighted by Gasteiger charge is 2.11. The minimum Gasteiger partial charge on any atom is -0.492 e. The maximum Gasteiger partial charge on any atom is 0.252 e. The van der Waals surface area contributed by atoms with Crippen molar-refractivity contribution in [3.8, 4) is 5.75 Å². The van der Waals surface area contributed by atoms with E-state index >= 15 is 0 Å². The standard InChI is InChI=1S/C18H19ClN2O3/c1-12-3-6-15(7-4-12)24-10-9-20-18(23)16-11-14(21-13(2)22)5-8-17(16)19/h3-8,11H,9-10H2,1-2H3,(H,20,23)(H,21,22). The fraction of sp³-hybridized carbons (Fsp3) is 0.222. The molecular weight excluding hydrogens is 328 g/mol. The van der Waals surface area contributed by atoms with Gasteiger partial charge in [0, 0.05) is 12.6 Å². The van der Waals surface area contributed by atoms with Crippen LogP contribution in [-0.4, -0.2) is 25.0 Å². The Balaban J connectivity index is 1.87. The van der Waals surface area contributed by atoms with E-state index in [1.807, 2.05) is 31.2 Å². The third-order valence-corrected chi connectivity index (χ3v) is 3.54. The number of carbonyl (C=O) groups excluding carboxylic acids is 2. The number of carbonyl (C=O) groups is 2. The van der Waals surface area contributed by atoms with Gasteiger partial charge in [0.2, 0.25) is 5.91 Å². The van der Waals surface area contributed by atoms with Crippen LogP contribution in [0.15, 0.2) is 42.5 Å². The zero-order valence-corrected chi connectivity index (χ0v) is 14.3. The van der Waals surface area contributed by atoms with Crippen molar-refractivity contribution < 1.29 is 14.3 Å². The summed E-state index contributed by atoms with van der Waals surface area (Å²) in [5, 5.41) is 5.68. The molecule has 0 aliphatic heterocycles. The van der Waals surface area contributed by atoms with Gasteiger partial charge in [-0.15, -0.1) is 0 Å². The second-order valence-electron chi connectivity index (χ2n) is 5.29. The van der Waals surface area contributed by atoms with Crippen molar-refractivity contribution in [1.29, 1.82) is 0 Å². The molecule has 0 bridgehead atoms. The number of halogens is 1. The largest absolute Gasteiger partial charge is 0.492 e. The second kappa shape index (κ2) is 8.36. The molecule has 24 heavy (non-hydrogen) atoms. The monoisotopic (exact) mass is 346 g/mol. The van der Waals surface area contributed by atoms with E-state index in [-0.39, 0.29) is 11.8 Å². The van der Waals surface area contributed by atoms with Crippen molar-refractivity contribution in [3.63, 3.8) is 0 Å². The fourth-order valence-corrected chi connectivity index (χ4v) is 2.25. The molecule has 2 N–H and O–H groups in total. The Morgan fingerprint density at radius 3 is 2.50 bits per heavy atom. The lowest BCUT2D eigenvalue weighted by Crippen LogP contribution is -2.28. The van der Waals surface area contributed by atoms with Crippen LogP contribution in [0, 0.1) is 6.92 Å². The molecule has 0 heterocycles. The van der Waals surface area contributed by atoms with Gasteiger partial charge in [-0.05, 0) is 37.3 Å². The SMILES string of the molecule is CC(=O)Nc1ccc(Cl)c(C(=O)NCCOc2ccc(C)cc2)c1. The summed E-state index contributed by atoms with van der Waals surface area (Å²) in [6.07, 6.45) is 0. The minimum absolute atomic E-state index is 0.213. The topological polar surface area (TPSA) is 67.4 Å². The van der Waals surface area contributed by atoms with E-state index < -0.39 is 0 Å². The lowest BCUT2D eigenvalue weighted by atomic mass is 10.2. The van der Waals surface area contributed by atoms with Crippen LogP contribution < -0.4 is 15.4 Å². The normalized spacial score (nSPS) is 10.1. The highest BCUT2D eigenvalue weighted by molar-refractivity contribution is 6.34. The van der Waals surface area contributed by atoms with Gasteiger partial charge in [-0.2, -0.15) is 0 Å². The quantitative estimate of drug-likeness (QED) is 0.787. The van der Waals surface area contributed by atoms with E-state index in [4.69, 9.17) is 16.3 Å². The lowest BCUT2D eigenvalue weighted by molar-refractivity contribution is -0.114. The van der Waals surface area contributed by atoms with Crippen molar-refractivity contribution in [2.45, 2.75) is 13.8 Å². The molecule has 0 atom stereocenters. The third kappa shape index (κ3) is 5.28. The number of aryl methyl sites for hydroxylation is 1. The summed E-state index contributed by atoms with van der Waals surface area (Å²) in [4.78, 5) is 23.3. The molecule has 0 saturated carbocycles. The summed E-state index contributed by atoms with van der Waals surface area (Å²) in [6, 6.07) is 12.4. The molecule has 2 aromatic rings. The number of amides is 2. The summed E-state index contributed by atoms with van der Waals surface area (Å²) >= 11 is 6.05. The van der Waals surface area contributed by atoms with Gasteiger partial charge >= 0.3 is 0 Å². The van der Waals surface area contributed by atoms with Crippen molar-refractivity contribution in [3.05, 3.63) is 58.6 Å². The lowest BCUT2D eigenvalue weighted by Gasteiger charge is -2.10. The molecule has 0 radical (unpaired) electrons. The molecule has 0 spiro atoms. The molecule has 2 rings (SSSR count). The van der Waals surface area contributed by atoms with Gasteiger partial charge in [-0.25, -0.2) is 0 Å². The van der Waals surface area contributed by atoms with Gasteiger partial charge in [-0.3, -0.25) is 9.59 Å². The highest BCUT2D eigenvalue weighted by atomic mass is 35.5. The smallest absolute Gasteiger partial charge is 0.252 e. The summed E-state index contributed by atoms with van der Waals surface area (Å²) in [6.45, 7) is 4.09. The van der Waals surface area contributed by atoms with Gasteiger partial charge in [0.15, 0.2) is 0 Å². The van der Waals surface area contributed by atoms with Gasteiger partial charge in [-0.1, -0.05) is 29.3 Å². The molecule has 0 aliphatic rings. The second-order valence-corrected chi connectivity index (χ2v) is 5.70. The van der Waals surface area contributed by atoms with Crippen LogP contribution in [0.4, 0.5) is 5.69 Å². The summed E-state index contributed by atoms with van der Waals surface area (Å²) < 4.78 is 5.55. The predicted octanol–water partition coefficient (Wildman–Crippen LogP) is 3.42. The third-order valence-electron chi connectivity index (χ3n) is 3.21. The van der Waals surface area contributed by atoms with Crippen LogP contribution in [0.2, 0.25) is 5.02 Å². The van der Waals surface area contributed by atoms with Gasteiger partial charge in [0.1, 0.15) is 12.4 Å². The van der Waals surface area contributed by atoms with Crippen molar-refractivity contribution in [2.75, 3.05) is 18.5 Å². The maximum absolute atomic E-state index is 12.2. The molecule has 0 unspecified atom stereocenters. The van der Waals surface area contributed by atoms with Crippen LogP contribution in [0.1, 0.15) is 22.8 Å². The number of hydrogen-bond acceptors (Lipinski definition) is 3. The number of nitrogens with one attached hydrogen (secondary N) is 2. The van der Waals surface area contributed by atoms with E-state index in [1.54, 1.807) is 18.2 Å². The summed E-state index contributed by atoms with van der Waals surface area (Å²) in [7, 11) is 0. The molecular formula is C18H19ClN2O3. The van der Waals surface area contributed by atoms with E-state index in [2.05, 4.69) is 10.6 Å². The maximum atomic E-state index is 12.2. The highest BCUT2D eigenvalue weighted by Crippen LogP contribution is 2.20. The van der Waals surface area contributed by atoms with Gasteiger partial charge in [0.25, 0.3) is 5.91 Å². The first-order chi connectivity index (χ1) is 11.5. The molecule has 0 saturated heterocycles. The van der Waals surface area contributed by atoms with Crippen molar-refractivity contribution >= 4 is 29.1 Å². The van der Waals surface area contributed by atoms with E-state index in [1.165, 1.54) is 6.92 Å². The van der Waals surface area contributed by atoms with E-state index in [0.717, 1.165) is 11.3 Å². The minimum atomic E-state index is -0.320. The van der Waals surface area contributed by atoms with Crippen LogP contribution in [-0.2, 0) is 4.79 Å². The average Bonchev–Trinajstić information content (AvgIpc) is 2.54. The predicted molar refractivity (Wildman–Crippen MR) is 94.8 cm³/mol. The Labute approximate surface area is 146 Å². The van der Waals surface area contributed by atoms with Crippen LogP contribution in [0.25, 0.3) is 0 Å². The molecule has 2 amide bonds. The molecule has 0 fully saturated rings. The number of ether oxygens (including phenoxy) is 1. The zero-order chi connectivity index (χ0) is 17.5. The van der Waals surface area contributed by atoms with Crippen molar-refractivity contribution in [1.82, 2.24) is 5.32 Å². The fourth-order valence-electron chi connectivity index (χ4n) is 2.04. The van der Waals surface area contributed by atoms with E-state index in [9.17, 15) is 9.59 Å². The average molecular weight is 347 g/mol. The van der Waals surface area contributed by atoms with Crippen LogP contribution in [0.5, 0.6) is 5.75 Å². The summed E-state index contributed by atoms with van der Waals surface area (Å²) in [5.74, 6) is 0.218. The Morgan fingerprint density at radius 1 is 1.12 bits per heavy atom. The first kappa shape index (κ1) is 17.8. The number of anilines is 1. The molecule has 0 aliphatic carbocycles. The number of hydrogen-bond donors (Lipinski definition) is 2. The molecule has 2 aromatic carbocycles.